The number of hydrogen-bond acceptors (Lipinski definition) is 5. The number of hydrogen-bond donors (Lipinski definition) is 0. The molecular formula is C23H20N2O4S. The molecular weight excluding hydrogens is 400 g/mol. The van der Waals surface area contributed by atoms with Gasteiger partial charge in [0.05, 0.1) is 11.9 Å². The zero-order valence-corrected chi connectivity index (χ0v) is 17.2. The molecule has 2 aromatic heterocycles. The maximum atomic E-state index is 13.0. The third-order valence-corrected chi connectivity index (χ3v) is 5.95. The van der Waals surface area contributed by atoms with Crippen LogP contribution in [0.2, 0.25) is 0 Å². The van der Waals surface area contributed by atoms with E-state index in [4.69, 9.17) is 4.74 Å². The van der Waals surface area contributed by atoms with Gasteiger partial charge >= 0.3 is 11.7 Å². The van der Waals surface area contributed by atoms with Crippen molar-refractivity contribution in [3.63, 3.8) is 0 Å². The smallest absolute Gasteiger partial charge is 0.348 e. The van der Waals surface area contributed by atoms with Gasteiger partial charge in [-0.05, 0) is 24.1 Å². The number of aromatic nitrogens is 2. The maximum absolute atomic E-state index is 13.0. The quantitative estimate of drug-likeness (QED) is 0.447. The molecule has 4 aromatic rings. The summed E-state index contributed by atoms with van der Waals surface area (Å²) >= 11 is 1.11. The van der Waals surface area contributed by atoms with Crippen LogP contribution in [0.25, 0.3) is 10.2 Å². The molecule has 0 aliphatic heterocycles. The lowest BCUT2D eigenvalue weighted by molar-refractivity contribution is 0.0478. The molecule has 0 aliphatic carbocycles. The minimum absolute atomic E-state index is 0.146. The van der Waals surface area contributed by atoms with Gasteiger partial charge in [-0.1, -0.05) is 60.7 Å². The summed E-state index contributed by atoms with van der Waals surface area (Å²) in [6, 6.07) is 20.3. The van der Waals surface area contributed by atoms with Gasteiger partial charge in [0.15, 0.2) is 0 Å². The van der Waals surface area contributed by atoms with Crippen LogP contribution in [0, 0.1) is 0 Å². The normalized spacial score (nSPS) is 11.0. The topological polar surface area (TPSA) is 70.3 Å². The van der Waals surface area contributed by atoms with Gasteiger partial charge in [0.2, 0.25) is 0 Å². The number of thiophene rings is 1. The number of carbonyl (C=O) groups excluding carboxylic acids is 1. The van der Waals surface area contributed by atoms with Gasteiger partial charge in [-0.15, -0.1) is 11.3 Å². The molecule has 0 unspecified atom stereocenters. The Kier molecular flexibility index (Phi) is 5.63. The predicted molar refractivity (Wildman–Crippen MR) is 117 cm³/mol. The zero-order valence-electron chi connectivity index (χ0n) is 16.4. The number of benzene rings is 2. The summed E-state index contributed by atoms with van der Waals surface area (Å²) in [5.74, 6) is -0.510. The van der Waals surface area contributed by atoms with Gasteiger partial charge in [-0.3, -0.25) is 13.9 Å². The van der Waals surface area contributed by atoms with Crippen LogP contribution in [0.3, 0.4) is 0 Å². The molecule has 0 saturated carbocycles. The number of rotatable bonds is 6. The van der Waals surface area contributed by atoms with Crippen molar-refractivity contribution in [2.24, 2.45) is 0 Å². The Morgan fingerprint density at radius 2 is 1.57 bits per heavy atom. The van der Waals surface area contributed by atoms with E-state index in [-0.39, 0.29) is 18.8 Å². The van der Waals surface area contributed by atoms with Gasteiger partial charge in [-0.25, -0.2) is 9.59 Å². The summed E-state index contributed by atoms with van der Waals surface area (Å²) in [5.41, 5.74) is 0.950. The average molecular weight is 420 g/mol. The van der Waals surface area contributed by atoms with E-state index in [0.29, 0.717) is 21.6 Å². The Bertz CT molecular complexity index is 1300. The molecule has 6 nitrogen and oxygen atoms in total. The Labute approximate surface area is 176 Å². The summed E-state index contributed by atoms with van der Waals surface area (Å²) in [6.07, 6.45) is 0. The Morgan fingerprint density at radius 3 is 2.20 bits per heavy atom. The van der Waals surface area contributed by atoms with E-state index in [0.717, 1.165) is 22.5 Å². The summed E-state index contributed by atoms with van der Waals surface area (Å²) in [4.78, 5) is 39.3. The molecule has 0 aliphatic rings. The Morgan fingerprint density at radius 1 is 0.933 bits per heavy atom. The molecule has 7 heteroatoms. The van der Waals surface area contributed by atoms with Crippen LogP contribution in [-0.2, 0) is 24.4 Å². The molecule has 0 atom stereocenters. The maximum Gasteiger partial charge on any atom is 0.348 e. The SMILES string of the molecule is CCn1c(=O)n(Cc2ccccc2)c(=O)c2cc(C(=O)OCc3ccccc3)sc21. The molecule has 4 rings (SSSR count). The minimum atomic E-state index is -0.510. The molecule has 2 heterocycles. The average Bonchev–Trinajstić information content (AvgIpc) is 3.22. The lowest BCUT2D eigenvalue weighted by Crippen LogP contribution is -2.39. The summed E-state index contributed by atoms with van der Waals surface area (Å²) in [7, 11) is 0. The van der Waals surface area contributed by atoms with Crippen LogP contribution in [0.1, 0.15) is 27.7 Å². The third-order valence-electron chi connectivity index (χ3n) is 4.81. The first-order valence-electron chi connectivity index (χ1n) is 9.60. The van der Waals surface area contributed by atoms with Crippen LogP contribution >= 0.6 is 11.3 Å². The number of carbonyl (C=O) groups is 1. The molecule has 0 saturated heterocycles. The largest absolute Gasteiger partial charge is 0.457 e. The van der Waals surface area contributed by atoms with E-state index in [1.54, 1.807) is 0 Å². The van der Waals surface area contributed by atoms with Gasteiger partial charge in [0.25, 0.3) is 5.56 Å². The fraction of sp³-hybridized carbons (Fsp3) is 0.174. The predicted octanol–water partition coefficient (Wildman–Crippen LogP) is 3.65. The van der Waals surface area contributed by atoms with E-state index in [2.05, 4.69) is 0 Å². The number of esters is 1. The van der Waals surface area contributed by atoms with E-state index in [9.17, 15) is 14.4 Å². The third kappa shape index (κ3) is 3.84. The molecule has 152 valence electrons. The molecule has 0 N–H and O–H groups in total. The molecule has 0 amide bonds. The number of fused-ring (bicyclic) bond motifs is 1. The van der Waals surface area contributed by atoms with Crippen molar-refractivity contribution in [2.45, 2.75) is 26.6 Å². The first-order valence-corrected chi connectivity index (χ1v) is 10.4. The Hall–Kier alpha value is -3.45. The van der Waals surface area contributed by atoms with Crippen molar-refractivity contribution in [1.29, 1.82) is 0 Å². The van der Waals surface area contributed by atoms with Crippen molar-refractivity contribution in [1.82, 2.24) is 9.13 Å². The highest BCUT2D eigenvalue weighted by Gasteiger charge is 2.19. The second-order valence-corrected chi connectivity index (χ2v) is 7.83. The molecule has 0 bridgehead atoms. The second kappa shape index (κ2) is 8.51. The van der Waals surface area contributed by atoms with E-state index >= 15 is 0 Å². The molecule has 0 spiro atoms. The van der Waals surface area contributed by atoms with Crippen LogP contribution in [0.4, 0.5) is 0 Å². The van der Waals surface area contributed by atoms with Gasteiger partial charge in [-0.2, -0.15) is 0 Å². The van der Waals surface area contributed by atoms with E-state index < -0.39 is 11.5 Å². The second-order valence-electron chi connectivity index (χ2n) is 6.79. The Balaban J connectivity index is 1.71. The van der Waals surface area contributed by atoms with Crippen LogP contribution in [0.15, 0.2) is 76.3 Å². The van der Waals surface area contributed by atoms with Crippen molar-refractivity contribution < 1.29 is 9.53 Å². The van der Waals surface area contributed by atoms with Gasteiger partial charge in [0.1, 0.15) is 16.3 Å². The highest BCUT2D eigenvalue weighted by Crippen LogP contribution is 2.23. The number of ether oxygens (including phenoxy) is 1. The number of aryl methyl sites for hydroxylation is 1. The summed E-state index contributed by atoms with van der Waals surface area (Å²) in [5, 5.41) is 0.351. The fourth-order valence-electron chi connectivity index (χ4n) is 3.28. The van der Waals surface area contributed by atoms with Crippen LogP contribution in [0.5, 0.6) is 0 Å². The molecule has 0 radical (unpaired) electrons. The first kappa shape index (κ1) is 19.8. The van der Waals surface area contributed by atoms with Crippen molar-refractivity contribution in [2.75, 3.05) is 0 Å². The van der Waals surface area contributed by atoms with Crippen LogP contribution in [-0.4, -0.2) is 15.1 Å². The van der Waals surface area contributed by atoms with Crippen molar-refractivity contribution in [3.05, 3.63) is 104 Å². The molecule has 2 aromatic carbocycles. The highest BCUT2D eigenvalue weighted by molar-refractivity contribution is 7.20. The lowest BCUT2D eigenvalue weighted by Gasteiger charge is -2.10. The van der Waals surface area contributed by atoms with Crippen LogP contribution < -0.4 is 11.2 Å². The van der Waals surface area contributed by atoms with Crippen molar-refractivity contribution >= 4 is 27.5 Å². The van der Waals surface area contributed by atoms with Crippen molar-refractivity contribution in [3.8, 4) is 0 Å². The number of nitrogens with zero attached hydrogens (tertiary/aromatic N) is 2. The lowest BCUT2D eigenvalue weighted by atomic mass is 10.2. The first-order chi connectivity index (χ1) is 14.6. The summed E-state index contributed by atoms with van der Waals surface area (Å²) < 4.78 is 8.13. The zero-order chi connectivity index (χ0) is 21.1. The summed E-state index contributed by atoms with van der Waals surface area (Å²) in [6.45, 7) is 2.56. The van der Waals surface area contributed by atoms with Gasteiger partial charge < -0.3 is 4.74 Å². The fourth-order valence-corrected chi connectivity index (χ4v) is 4.38. The van der Waals surface area contributed by atoms with E-state index in [1.165, 1.54) is 15.2 Å². The van der Waals surface area contributed by atoms with E-state index in [1.807, 2.05) is 67.6 Å². The molecule has 0 fully saturated rings. The minimum Gasteiger partial charge on any atom is -0.457 e. The monoisotopic (exact) mass is 420 g/mol. The standard InChI is InChI=1S/C23H20N2O4S/c1-2-24-21-18(20(26)25(23(24)28)14-16-9-5-3-6-10-16)13-19(30-21)22(27)29-15-17-11-7-4-8-12-17/h3-13H,2,14-15H2,1H3. The molecule has 30 heavy (non-hydrogen) atoms. The van der Waals surface area contributed by atoms with Gasteiger partial charge in [0, 0.05) is 6.54 Å². The highest BCUT2D eigenvalue weighted by atomic mass is 32.1.